The van der Waals surface area contributed by atoms with Gasteiger partial charge in [0.05, 0.1) is 5.33 Å². The first-order valence-electron chi connectivity index (χ1n) is 4.19. The lowest BCUT2D eigenvalue weighted by Gasteiger charge is -2.08. The summed E-state index contributed by atoms with van der Waals surface area (Å²) in [5.41, 5.74) is 8.52. The van der Waals surface area contributed by atoms with Crippen LogP contribution >= 0.6 is 31.9 Å². The minimum absolute atomic E-state index is 0.144. The minimum Gasteiger partial charge on any atom is -0.398 e. The summed E-state index contributed by atoms with van der Waals surface area (Å²) in [6, 6.07) is 5.69. The van der Waals surface area contributed by atoms with Crippen molar-refractivity contribution in [1.82, 2.24) is 0 Å². The van der Waals surface area contributed by atoms with Crippen LogP contribution in [0.3, 0.4) is 0 Å². The number of nitrogens with two attached hydrogens (primary N) is 1. The lowest BCUT2D eigenvalue weighted by atomic mass is 10.0. The number of nitrogen functional groups attached to an aromatic ring is 1. The van der Waals surface area contributed by atoms with Crippen molar-refractivity contribution in [1.29, 1.82) is 0 Å². The highest BCUT2D eigenvalue weighted by Gasteiger charge is 2.09. The molecule has 0 unspecified atom stereocenters. The average Bonchev–Trinajstić information content (AvgIpc) is 2.20. The molecule has 0 amide bonds. The van der Waals surface area contributed by atoms with Crippen molar-refractivity contribution in [2.24, 2.45) is 0 Å². The number of hydrogen-bond acceptors (Lipinski definition) is 2. The Morgan fingerprint density at radius 3 is 2.64 bits per heavy atom. The van der Waals surface area contributed by atoms with E-state index < -0.39 is 0 Å². The fourth-order valence-electron chi connectivity index (χ4n) is 1.24. The van der Waals surface area contributed by atoms with Gasteiger partial charge in [0.1, 0.15) is 5.78 Å². The predicted octanol–water partition coefficient (Wildman–Crippen LogP) is 2.67. The summed E-state index contributed by atoms with van der Waals surface area (Å²) in [7, 11) is 0. The lowest BCUT2D eigenvalue weighted by Crippen LogP contribution is -2.08. The van der Waals surface area contributed by atoms with Gasteiger partial charge in [0.2, 0.25) is 0 Å². The van der Waals surface area contributed by atoms with Gasteiger partial charge in [-0.1, -0.05) is 44.0 Å². The molecule has 0 spiro atoms. The van der Waals surface area contributed by atoms with Gasteiger partial charge >= 0.3 is 0 Å². The number of alkyl halides is 2. The Morgan fingerprint density at radius 1 is 1.36 bits per heavy atom. The fraction of sp³-hybridized carbons (Fsp3) is 0.300. The zero-order valence-electron chi connectivity index (χ0n) is 7.59. The number of ketones is 1. The quantitative estimate of drug-likeness (QED) is 0.684. The Kier molecular flexibility index (Phi) is 4.62. The van der Waals surface area contributed by atoms with E-state index in [1.165, 1.54) is 0 Å². The molecule has 14 heavy (non-hydrogen) atoms. The Morgan fingerprint density at radius 2 is 2.07 bits per heavy atom. The van der Waals surface area contributed by atoms with Crippen LogP contribution in [0.4, 0.5) is 5.69 Å². The molecular formula is C10H11Br2NO. The molecule has 0 saturated heterocycles. The van der Waals surface area contributed by atoms with Crippen molar-refractivity contribution in [2.45, 2.75) is 11.8 Å². The van der Waals surface area contributed by atoms with E-state index in [4.69, 9.17) is 5.73 Å². The van der Waals surface area contributed by atoms with Crippen LogP contribution in [0.5, 0.6) is 0 Å². The maximum atomic E-state index is 11.3. The van der Waals surface area contributed by atoms with Crippen molar-refractivity contribution in [3.63, 3.8) is 0 Å². The largest absolute Gasteiger partial charge is 0.398 e. The molecule has 0 bridgehead atoms. The van der Waals surface area contributed by atoms with Gasteiger partial charge < -0.3 is 5.73 Å². The molecule has 0 aliphatic carbocycles. The fourth-order valence-corrected chi connectivity index (χ4v) is 1.96. The lowest BCUT2D eigenvalue weighted by molar-refractivity contribution is -0.115. The first-order chi connectivity index (χ1) is 6.69. The van der Waals surface area contributed by atoms with Crippen molar-refractivity contribution in [3.8, 4) is 0 Å². The molecule has 0 heterocycles. The molecule has 2 nitrogen and oxygen atoms in total. The van der Waals surface area contributed by atoms with Gasteiger partial charge in [-0.05, 0) is 17.2 Å². The highest BCUT2D eigenvalue weighted by Crippen LogP contribution is 2.20. The number of Topliss-reactive ketones (excluding diaryl/α,β-unsaturated/α-hetero) is 1. The smallest absolute Gasteiger partial charge is 0.147 e. The Balaban J connectivity index is 2.98. The van der Waals surface area contributed by atoms with Gasteiger partial charge in [0, 0.05) is 17.4 Å². The average molecular weight is 321 g/mol. The third kappa shape index (κ3) is 2.82. The first-order valence-corrected chi connectivity index (χ1v) is 6.43. The second-order valence-corrected chi connectivity index (χ2v) is 4.09. The van der Waals surface area contributed by atoms with E-state index in [1.807, 2.05) is 18.2 Å². The molecule has 0 aliphatic heterocycles. The van der Waals surface area contributed by atoms with E-state index >= 15 is 0 Å². The molecule has 1 aromatic rings. The van der Waals surface area contributed by atoms with Crippen LogP contribution in [-0.4, -0.2) is 11.1 Å². The second kappa shape index (κ2) is 5.51. The first kappa shape index (κ1) is 11.7. The van der Waals surface area contributed by atoms with Crippen LogP contribution in [0.15, 0.2) is 18.2 Å². The molecule has 0 fully saturated rings. The number of halogens is 2. The van der Waals surface area contributed by atoms with Crippen LogP contribution in [-0.2, 0) is 16.5 Å². The highest BCUT2D eigenvalue weighted by atomic mass is 79.9. The van der Waals surface area contributed by atoms with Gasteiger partial charge in [-0.25, -0.2) is 0 Å². The van der Waals surface area contributed by atoms with E-state index in [2.05, 4.69) is 31.9 Å². The Labute approximate surface area is 100 Å². The zero-order valence-corrected chi connectivity index (χ0v) is 10.8. The number of anilines is 1. The highest BCUT2D eigenvalue weighted by molar-refractivity contribution is 9.09. The van der Waals surface area contributed by atoms with Crippen molar-refractivity contribution >= 4 is 43.3 Å². The van der Waals surface area contributed by atoms with Crippen LogP contribution in [0.25, 0.3) is 0 Å². The molecule has 2 N–H and O–H groups in total. The van der Waals surface area contributed by atoms with Crippen LogP contribution in [0.2, 0.25) is 0 Å². The number of rotatable bonds is 4. The number of benzene rings is 1. The summed E-state index contributed by atoms with van der Waals surface area (Å²) in [4.78, 5) is 11.3. The van der Waals surface area contributed by atoms with Crippen molar-refractivity contribution in [2.75, 3.05) is 11.1 Å². The number of carbonyl (C=O) groups is 1. The predicted molar refractivity (Wildman–Crippen MR) is 66.0 cm³/mol. The topological polar surface area (TPSA) is 43.1 Å². The van der Waals surface area contributed by atoms with E-state index in [1.54, 1.807) is 0 Å². The molecule has 4 heteroatoms. The summed E-state index contributed by atoms with van der Waals surface area (Å²) < 4.78 is 0. The van der Waals surface area contributed by atoms with Gasteiger partial charge in [-0.3, -0.25) is 4.79 Å². The van der Waals surface area contributed by atoms with Crippen LogP contribution in [0, 0.1) is 0 Å². The van der Waals surface area contributed by atoms with E-state index in [-0.39, 0.29) is 5.78 Å². The van der Waals surface area contributed by atoms with E-state index in [0.29, 0.717) is 17.4 Å². The van der Waals surface area contributed by atoms with Crippen molar-refractivity contribution in [3.05, 3.63) is 29.3 Å². The molecule has 0 aliphatic rings. The molecular weight excluding hydrogens is 310 g/mol. The number of carbonyl (C=O) groups excluding carboxylic acids is 1. The zero-order chi connectivity index (χ0) is 10.6. The molecule has 0 aromatic heterocycles. The molecule has 1 rings (SSSR count). The standard InChI is InChI=1S/C10H11Br2NO/c11-5-7-2-1-3-10(13)9(7)4-8(14)6-12/h1-3H,4-6,13H2. The maximum absolute atomic E-state index is 11.3. The van der Waals surface area contributed by atoms with E-state index in [9.17, 15) is 4.79 Å². The Hall–Kier alpha value is -0.350. The van der Waals surface area contributed by atoms with Crippen LogP contribution < -0.4 is 5.73 Å². The van der Waals surface area contributed by atoms with Crippen LogP contribution in [0.1, 0.15) is 11.1 Å². The third-order valence-electron chi connectivity index (χ3n) is 1.98. The summed E-state index contributed by atoms with van der Waals surface area (Å²) in [6.45, 7) is 0. The maximum Gasteiger partial charge on any atom is 0.147 e. The summed E-state index contributed by atoms with van der Waals surface area (Å²) in [5, 5.41) is 1.10. The number of hydrogen-bond donors (Lipinski definition) is 1. The second-order valence-electron chi connectivity index (χ2n) is 2.97. The molecule has 76 valence electrons. The normalized spacial score (nSPS) is 10.1. The van der Waals surface area contributed by atoms with Gasteiger partial charge in [-0.15, -0.1) is 0 Å². The molecule has 1 aromatic carbocycles. The SMILES string of the molecule is Nc1cccc(CBr)c1CC(=O)CBr. The summed E-state index contributed by atoms with van der Waals surface area (Å²) in [6.07, 6.45) is 0.402. The summed E-state index contributed by atoms with van der Waals surface area (Å²) in [5.74, 6) is 0.144. The summed E-state index contributed by atoms with van der Waals surface area (Å²) >= 11 is 6.52. The van der Waals surface area contributed by atoms with Gasteiger partial charge in [0.15, 0.2) is 0 Å². The monoisotopic (exact) mass is 319 g/mol. The van der Waals surface area contributed by atoms with Gasteiger partial charge in [0.25, 0.3) is 0 Å². The molecule has 0 radical (unpaired) electrons. The molecule has 0 saturated carbocycles. The molecule has 0 atom stereocenters. The Bertz CT molecular complexity index is 339. The minimum atomic E-state index is 0.144. The van der Waals surface area contributed by atoms with E-state index in [0.717, 1.165) is 16.5 Å². The van der Waals surface area contributed by atoms with Crippen molar-refractivity contribution < 1.29 is 4.79 Å². The van der Waals surface area contributed by atoms with Gasteiger partial charge in [-0.2, -0.15) is 0 Å². The third-order valence-corrected chi connectivity index (χ3v) is 3.21.